The summed E-state index contributed by atoms with van der Waals surface area (Å²) in [4.78, 5) is 1.17. The molecule has 1 atom stereocenters. The SMILES string of the molecule is COCCNCC[C@H](Oc1cccc2c1OCO2)c1ccc(Br)s1. The van der Waals surface area contributed by atoms with Gasteiger partial charge in [0, 0.05) is 25.0 Å². The molecule has 0 spiro atoms. The molecule has 1 aromatic heterocycles. The van der Waals surface area contributed by atoms with Crippen LogP contribution in [-0.2, 0) is 4.74 Å². The molecule has 0 radical (unpaired) electrons. The summed E-state index contributed by atoms with van der Waals surface area (Å²) in [5, 5.41) is 3.36. The van der Waals surface area contributed by atoms with Gasteiger partial charge in [-0.25, -0.2) is 0 Å². The molecule has 2 heterocycles. The Morgan fingerprint density at radius 2 is 2.17 bits per heavy atom. The zero-order chi connectivity index (χ0) is 16.8. The maximum Gasteiger partial charge on any atom is 0.231 e. The van der Waals surface area contributed by atoms with Gasteiger partial charge in [0.25, 0.3) is 0 Å². The van der Waals surface area contributed by atoms with Crippen molar-refractivity contribution in [2.75, 3.05) is 33.6 Å². The summed E-state index contributed by atoms with van der Waals surface area (Å²) in [6, 6.07) is 9.86. The molecular formula is C17H20BrNO4S. The van der Waals surface area contributed by atoms with Crippen LogP contribution in [0.5, 0.6) is 17.2 Å². The van der Waals surface area contributed by atoms with E-state index in [1.165, 1.54) is 4.88 Å². The smallest absolute Gasteiger partial charge is 0.231 e. The number of hydrogen-bond acceptors (Lipinski definition) is 6. The normalized spacial score (nSPS) is 13.9. The van der Waals surface area contributed by atoms with Gasteiger partial charge in [-0.15, -0.1) is 11.3 Å². The van der Waals surface area contributed by atoms with Gasteiger partial charge >= 0.3 is 0 Å². The number of nitrogens with one attached hydrogen (secondary N) is 1. The highest BCUT2D eigenvalue weighted by Crippen LogP contribution is 2.43. The van der Waals surface area contributed by atoms with Crippen molar-refractivity contribution in [3.8, 4) is 17.2 Å². The third-order valence-corrected chi connectivity index (χ3v) is 5.32. The maximum atomic E-state index is 6.28. The number of para-hydroxylation sites is 1. The second kappa shape index (κ2) is 8.71. The monoisotopic (exact) mass is 413 g/mol. The van der Waals surface area contributed by atoms with Gasteiger partial charge in [0.1, 0.15) is 6.10 Å². The lowest BCUT2D eigenvalue weighted by atomic mass is 10.2. The molecule has 0 amide bonds. The maximum absolute atomic E-state index is 6.28. The zero-order valence-corrected chi connectivity index (χ0v) is 15.8. The number of hydrogen-bond donors (Lipinski definition) is 1. The van der Waals surface area contributed by atoms with Crippen molar-refractivity contribution in [1.82, 2.24) is 5.32 Å². The third kappa shape index (κ3) is 4.42. The van der Waals surface area contributed by atoms with Gasteiger partial charge in [0.2, 0.25) is 12.5 Å². The molecule has 130 valence electrons. The van der Waals surface area contributed by atoms with Crippen molar-refractivity contribution < 1.29 is 18.9 Å². The van der Waals surface area contributed by atoms with Gasteiger partial charge in [-0.2, -0.15) is 0 Å². The molecule has 0 unspecified atom stereocenters. The van der Waals surface area contributed by atoms with Crippen LogP contribution in [0.2, 0.25) is 0 Å². The highest BCUT2D eigenvalue weighted by molar-refractivity contribution is 9.11. The largest absolute Gasteiger partial charge is 0.481 e. The minimum absolute atomic E-state index is 0.0490. The fourth-order valence-electron chi connectivity index (χ4n) is 2.44. The van der Waals surface area contributed by atoms with E-state index < -0.39 is 0 Å². The van der Waals surface area contributed by atoms with Crippen molar-refractivity contribution in [2.24, 2.45) is 0 Å². The van der Waals surface area contributed by atoms with Gasteiger partial charge in [0.15, 0.2) is 11.5 Å². The van der Waals surface area contributed by atoms with Crippen molar-refractivity contribution in [2.45, 2.75) is 12.5 Å². The van der Waals surface area contributed by atoms with E-state index in [-0.39, 0.29) is 12.9 Å². The Labute approximate surface area is 154 Å². The van der Waals surface area contributed by atoms with E-state index in [1.807, 2.05) is 24.3 Å². The lowest BCUT2D eigenvalue weighted by Crippen LogP contribution is -2.23. The summed E-state index contributed by atoms with van der Waals surface area (Å²) in [5.74, 6) is 2.14. The second-order valence-electron chi connectivity index (χ2n) is 5.27. The second-order valence-corrected chi connectivity index (χ2v) is 7.76. The molecule has 1 aliphatic heterocycles. The summed E-state index contributed by atoms with van der Waals surface area (Å²) >= 11 is 5.21. The Balaban J connectivity index is 1.69. The van der Waals surface area contributed by atoms with Gasteiger partial charge in [-0.1, -0.05) is 6.07 Å². The Morgan fingerprint density at radius 1 is 1.25 bits per heavy atom. The van der Waals surface area contributed by atoms with Crippen LogP contribution in [-0.4, -0.2) is 33.6 Å². The van der Waals surface area contributed by atoms with E-state index in [4.69, 9.17) is 18.9 Å². The van der Waals surface area contributed by atoms with Crippen LogP contribution >= 0.6 is 27.3 Å². The third-order valence-electron chi connectivity index (χ3n) is 3.61. The lowest BCUT2D eigenvalue weighted by Gasteiger charge is -2.19. The Kier molecular flexibility index (Phi) is 6.37. The molecule has 1 aliphatic rings. The van der Waals surface area contributed by atoms with Crippen LogP contribution in [0, 0.1) is 0 Å². The van der Waals surface area contributed by atoms with Crippen LogP contribution in [0.3, 0.4) is 0 Å². The molecule has 0 saturated heterocycles. The minimum Gasteiger partial charge on any atom is -0.481 e. The molecular weight excluding hydrogens is 394 g/mol. The van der Waals surface area contributed by atoms with Crippen molar-refractivity contribution in [3.63, 3.8) is 0 Å². The fourth-order valence-corrected chi connectivity index (χ4v) is 3.93. The van der Waals surface area contributed by atoms with Gasteiger partial charge in [-0.05, 0) is 46.7 Å². The van der Waals surface area contributed by atoms with E-state index in [0.717, 1.165) is 34.8 Å². The Hall–Kier alpha value is -1.28. The van der Waals surface area contributed by atoms with Crippen LogP contribution in [0.1, 0.15) is 17.4 Å². The van der Waals surface area contributed by atoms with Crippen molar-refractivity contribution in [1.29, 1.82) is 0 Å². The molecule has 1 aromatic carbocycles. The number of halogens is 1. The first-order valence-corrected chi connectivity index (χ1v) is 9.39. The molecule has 5 nitrogen and oxygen atoms in total. The minimum atomic E-state index is -0.0490. The zero-order valence-electron chi connectivity index (χ0n) is 13.4. The van der Waals surface area contributed by atoms with Crippen molar-refractivity contribution in [3.05, 3.63) is 39.0 Å². The highest BCUT2D eigenvalue weighted by atomic mass is 79.9. The van der Waals surface area contributed by atoms with Crippen LogP contribution in [0.25, 0.3) is 0 Å². The van der Waals surface area contributed by atoms with E-state index in [2.05, 4.69) is 27.3 Å². The van der Waals surface area contributed by atoms with E-state index in [0.29, 0.717) is 12.4 Å². The van der Waals surface area contributed by atoms with Crippen LogP contribution < -0.4 is 19.5 Å². The number of methoxy groups -OCH3 is 1. The predicted octanol–water partition coefficient (Wildman–Crippen LogP) is 3.99. The standard InChI is InChI=1S/C17H20BrNO4S/c1-20-10-9-19-8-7-12(15-5-6-16(18)24-15)23-14-4-2-3-13-17(14)22-11-21-13/h2-6,12,19H,7-11H2,1H3/t12-/m0/s1. The van der Waals surface area contributed by atoms with Gasteiger partial charge in [0.05, 0.1) is 10.4 Å². The van der Waals surface area contributed by atoms with Crippen LogP contribution in [0.15, 0.2) is 34.1 Å². The molecule has 24 heavy (non-hydrogen) atoms. The first-order chi connectivity index (χ1) is 11.8. The van der Waals surface area contributed by atoms with Crippen LogP contribution in [0.4, 0.5) is 0 Å². The highest BCUT2D eigenvalue weighted by Gasteiger charge is 2.22. The lowest BCUT2D eigenvalue weighted by molar-refractivity contribution is 0.158. The Bertz CT molecular complexity index is 664. The summed E-state index contributed by atoms with van der Waals surface area (Å²) in [7, 11) is 1.70. The van der Waals surface area contributed by atoms with Gasteiger partial charge in [-0.3, -0.25) is 0 Å². The fraction of sp³-hybridized carbons (Fsp3) is 0.412. The number of rotatable bonds is 9. The predicted molar refractivity (Wildman–Crippen MR) is 97.3 cm³/mol. The first-order valence-electron chi connectivity index (χ1n) is 7.78. The van der Waals surface area contributed by atoms with Gasteiger partial charge < -0.3 is 24.3 Å². The topological polar surface area (TPSA) is 49.0 Å². The summed E-state index contributed by atoms with van der Waals surface area (Å²) in [6.45, 7) is 2.61. The average molecular weight is 414 g/mol. The quantitative estimate of drug-likeness (QED) is 0.629. The number of ether oxygens (including phenoxy) is 4. The molecule has 0 aliphatic carbocycles. The Morgan fingerprint density at radius 3 is 2.96 bits per heavy atom. The van der Waals surface area contributed by atoms with E-state index in [9.17, 15) is 0 Å². The molecule has 3 rings (SSSR count). The van der Waals surface area contributed by atoms with E-state index in [1.54, 1.807) is 18.4 Å². The first kappa shape index (κ1) is 17.5. The summed E-state index contributed by atoms with van der Waals surface area (Å²) in [6.07, 6.45) is 0.799. The summed E-state index contributed by atoms with van der Waals surface area (Å²) < 4.78 is 23.4. The molecule has 0 bridgehead atoms. The molecule has 2 aromatic rings. The van der Waals surface area contributed by atoms with Crippen molar-refractivity contribution >= 4 is 27.3 Å². The summed E-state index contributed by atoms with van der Waals surface area (Å²) in [5.41, 5.74) is 0. The molecule has 7 heteroatoms. The number of fused-ring (bicyclic) bond motifs is 1. The molecule has 0 saturated carbocycles. The average Bonchev–Trinajstić information content (AvgIpc) is 3.22. The molecule has 1 N–H and O–H groups in total. The van der Waals surface area contributed by atoms with E-state index >= 15 is 0 Å². The number of benzene rings is 1. The number of thiophene rings is 1. The molecule has 0 fully saturated rings.